The summed E-state index contributed by atoms with van der Waals surface area (Å²) in [5, 5.41) is 12.5. The van der Waals surface area contributed by atoms with Crippen molar-refractivity contribution in [1.29, 1.82) is 0 Å². The van der Waals surface area contributed by atoms with E-state index in [0.29, 0.717) is 17.8 Å². The number of anilines is 1. The van der Waals surface area contributed by atoms with Gasteiger partial charge in [-0.15, -0.1) is 24.8 Å². The molecule has 3 rings (SSSR count). The molecule has 4 N–H and O–H groups in total. The van der Waals surface area contributed by atoms with Crippen molar-refractivity contribution < 1.29 is 9.90 Å². The lowest BCUT2D eigenvalue weighted by molar-refractivity contribution is 0.0792. The Morgan fingerprint density at radius 3 is 2.33 bits per heavy atom. The molecule has 1 aliphatic rings. The number of nitrogens with two attached hydrogens (primary N) is 1. The lowest BCUT2D eigenvalue weighted by Gasteiger charge is -2.29. The monoisotopic (exact) mass is 411 g/mol. The summed E-state index contributed by atoms with van der Waals surface area (Å²) in [6.07, 6.45) is 1.57. The topological polar surface area (TPSA) is 78.6 Å². The van der Waals surface area contributed by atoms with E-state index in [2.05, 4.69) is 22.3 Å². The van der Waals surface area contributed by atoms with E-state index < -0.39 is 0 Å². The predicted molar refractivity (Wildman–Crippen MR) is 113 cm³/mol. The molecule has 2 aromatic rings. The summed E-state index contributed by atoms with van der Waals surface area (Å²) in [5.74, 6) is -0.122. The summed E-state index contributed by atoms with van der Waals surface area (Å²) >= 11 is 0. The maximum Gasteiger partial charge on any atom is 0.251 e. The molecule has 0 atom stereocenters. The quantitative estimate of drug-likeness (QED) is 0.660. The smallest absolute Gasteiger partial charge is 0.251 e. The number of nitrogens with one attached hydrogen (secondary N) is 1. The molecule has 0 saturated carbocycles. The van der Waals surface area contributed by atoms with Crippen LogP contribution in [0.15, 0.2) is 48.5 Å². The number of hydrogen-bond donors (Lipinski definition) is 3. The second-order valence-corrected chi connectivity index (χ2v) is 6.63. The van der Waals surface area contributed by atoms with Gasteiger partial charge in [0.1, 0.15) is 0 Å². The molecule has 2 aromatic carbocycles. The minimum atomic E-state index is -0.137. The molecule has 1 aliphatic heterocycles. The molecule has 1 heterocycles. The maximum atomic E-state index is 12.1. The van der Waals surface area contributed by atoms with Crippen molar-refractivity contribution in [3.63, 3.8) is 0 Å². The summed E-state index contributed by atoms with van der Waals surface area (Å²) in [5.41, 5.74) is 9.18. The van der Waals surface area contributed by atoms with Gasteiger partial charge in [-0.3, -0.25) is 9.69 Å². The average molecular weight is 412 g/mol. The molecule has 1 amide bonds. The Morgan fingerprint density at radius 1 is 1.07 bits per heavy atom. The highest BCUT2D eigenvalue weighted by Crippen LogP contribution is 2.14. The number of nitrogen functional groups attached to an aromatic ring is 1. The summed E-state index contributed by atoms with van der Waals surface area (Å²) in [6.45, 7) is 3.28. The van der Waals surface area contributed by atoms with E-state index in [0.717, 1.165) is 38.0 Å². The number of rotatable bonds is 5. The molecule has 0 spiro atoms. The van der Waals surface area contributed by atoms with Crippen LogP contribution in [0.25, 0.3) is 0 Å². The maximum absolute atomic E-state index is 12.1. The van der Waals surface area contributed by atoms with Crippen LogP contribution >= 0.6 is 24.8 Å². The first-order chi connectivity index (χ1) is 12.1. The van der Waals surface area contributed by atoms with Gasteiger partial charge in [0.2, 0.25) is 0 Å². The van der Waals surface area contributed by atoms with E-state index in [1.807, 2.05) is 12.1 Å². The number of nitrogens with zero attached hydrogens (tertiary/aromatic N) is 1. The first-order valence-electron chi connectivity index (χ1n) is 8.72. The van der Waals surface area contributed by atoms with E-state index >= 15 is 0 Å². The molecule has 148 valence electrons. The van der Waals surface area contributed by atoms with Gasteiger partial charge in [0.15, 0.2) is 0 Å². The molecule has 0 radical (unpaired) electrons. The highest BCUT2D eigenvalue weighted by Gasteiger charge is 2.16. The Labute approximate surface area is 172 Å². The van der Waals surface area contributed by atoms with Crippen LogP contribution in [0, 0.1) is 0 Å². The SMILES string of the molecule is Cl.Cl.Nc1cccc(C(=O)NCc2ccc(CN3CCC(O)CC3)cc2)c1. The van der Waals surface area contributed by atoms with E-state index in [-0.39, 0.29) is 36.8 Å². The van der Waals surface area contributed by atoms with E-state index in [1.165, 1.54) is 5.56 Å². The first-order valence-corrected chi connectivity index (χ1v) is 8.72. The van der Waals surface area contributed by atoms with E-state index in [9.17, 15) is 9.90 Å². The molecule has 1 fully saturated rings. The van der Waals surface area contributed by atoms with E-state index in [1.54, 1.807) is 24.3 Å². The molecule has 5 nitrogen and oxygen atoms in total. The van der Waals surface area contributed by atoms with Crippen LogP contribution in [0.1, 0.15) is 34.3 Å². The summed E-state index contributed by atoms with van der Waals surface area (Å²) in [6, 6.07) is 15.3. The largest absolute Gasteiger partial charge is 0.399 e. The number of aliphatic hydroxyl groups is 1. The molecule has 1 saturated heterocycles. The van der Waals surface area contributed by atoms with Gasteiger partial charge in [0.25, 0.3) is 5.91 Å². The highest BCUT2D eigenvalue weighted by molar-refractivity contribution is 5.94. The minimum absolute atomic E-state index is 0. The van der Waals surface area contributed by atoms with Gasteiger partial charge < -0.3 is 16.2 Å². The molecule has 0 bridgehead atoms. The Bertz CT molecular complexity index is 717. The number of aliphatic hydroxyl groups excluding tert-OH is 1. The molecule has 0 aliphatic carbocycles. The van der Waals surface area contributed by atoms with Gasteiger partial charge in [-0.2, -0.15) is 0 Å². The fraction of sp³-hybridized carbons (Fsp3) is 0.350. The van der Waals surface area contributed by atoms with Gasteiger partial charge in [-0.25, -0.2) is 0 Å². The number of benzene rings is 2. The summed E-state index contributed by atoms with van der Waals surface area (Å²) < 4.78 is 0. The van der Waals surface area contributed by atoms with Crippen molar-refractivity contribution in [1.82, 2.24) is 10.2 Å². The van der Waals surface area contributed by atoms with Crippen LogP contribution in [0.5, 0.6) is 0 Å². The zero-order valence-corrected chi connectivity index (χ0v) is 16.8. The average Bonchev–Trinajstić information content (AvgIpc) is 2.63. The van der Waals surface area contributed by atoms with Crippen LogP contribution in [0.3, 0.4) is 0 Å². The van der Waals surface area contributed by atoms with Crippen LogP contribution in [-0.2, 0) is 13.1 Å². The lowest BCUT2D eigenvalue weighted by atomic mass is 10.1. The zero-order valence-electron chi connectivity index (χ0n) is 15.1. The molecular formula is C20H27Cl2N3O2. The van der Waals surface area contributed by atoms with Crippen LogP contribution in [-0.4, -0.2) is 35.1 Å². The Balaban J connectivity index is 0.00000182. The molecular weight excluding hydrogens is 385 g/mol. The van der Waals surface area contributed by atoms with Gasteiger partial charge in [-0.1, -0.05) is 30.3 Å². The third-order valence-corrected chi connectivity index (χ3v) is 4.59. The number of piperidine rings is 1. The third-order valence-electron chi connectivity index (χ3n) is 4.59. The van der Waals surface area contributed by atoms with Crippen molar-refractivity contribution in [3.8, 4) is 0 Å². The normalized spacial score (nSPS) is 14.7. The number of halogens is 2. The number of amides is 1. The lowest BCUT2D eigenvalue weighted by Crippen LogP contribution is -2.35. The Kier molecular flexibility index (Phi) is 9.60. The van der Waals surface area contributed by atoms with Crippen LogP contribution in [0.4, 0.5) is 5.69 Å². The molecule has 0 unspecified atom stereocenters. The number of carbonyl (C=O) groups excluding carboxylic acids is 1. The third kappa shape index (κ3) is 7.03. The first kappa shape index (κ1) is 23.2. The van der Waals surface area contributed by atoms with Crippen molar-refractivity contribution in [2.75, 3.05) is 18.8 Å². The fourth-order valence-electron chi connectivity index (χ4n) is 3.06. The highest BCUT2D eigenvalue weighted by atomic mass is 35.5. The molecule has 7 heteroatoms. The zero-order chi connectivity index (χ0) is 17.6. The van der Waals surface area contributed by atoms with E-state index in [4.69, 9.17) is 5.73 Å². The molecule has 27 heavy (non-hydrogen) atoms. The Hall–Kier alpha value is -1.79. The van der Waals surface area contributed by atoms with Crippen LogP contribution < -0.4 is 11.1 Å². The van der Waals surface area contributed by atoms with Gasteiger partial charge in [-0.05, 0) is 42.2 Å². The van der Waals surface area contributed by atoms with Gasteiger partial charge >= 0.3 is 0 Å². The predicted octanol–water partition coefficient (Wildman–Crippen LogP) is 3.00. The Morgan fingerprint density at radius 2 is 1.70 bits per heavy atom. The fourth-order valence-corrected chi connectivity index (χ4v) is 3.06. The summed E-state index contributed by atoms with van der Waals surface area (Å²) in [7, 11) is 0. The molecule has 0 aromatic heterocycles. The minimum Gasteiger partial charge on any atom is -0.399 e. The number of hydrogen-bond acceptors (Lipinski definition) is 4. The number of carbonyl (C=O) groups is 1. The summed E-state index contributed by atoms with van der Waals surface area (Å²) in [4.78, 5) is 14.5. The standard InChI is InChI=1S/C20H25N3O2.2ClH/c21-18-3-1-2-17(12-18)20(25)22-13-15-4-6-16(7-5-15)14-23-10-8-19(24)9-11-23;;/h1-7,12,19,24H,8-11,13-14,21H2,(H,22,25);2*1H. The van der Waals surface area contributed by atoms with Gasteiger partial charge in [0, 0.05) is 37.4 Å². The van der Waals surface area contributed by atoms with Crippen molar-refractivity contribution >= 4 is 36.4 Å². The number of likely N-dealkylation sites (tertiary alicyclic amines) is 1. The second-order valence-electron chi connectivity index (χ2n) is 6.63. The van der Waals surface area contributed by atoms with Crippen molar-refractivity contribution in [2.45, 2.75) is 32.0 Å². The van der Waals surface area contributed by atoms with Crippen molar-refractivity contribution in [2.24, 2.45) is 0 Å². The van der Waals surface area contributed by atoms with Gasteiger partial charge in [0.05, 0.1) is 6.10 Å². The second kappa shape index (κ2) is 11.1. The van der Waals surface area contributed by atoms with Crippen molar-refractivity contribution in [3.05, 3.63) is 65.2 Å². The van der Waals surface area contributed by atoms with Crippen LogP contribution in [0.2, 0.25) is 0 Å².